The summed E-state index contributed by atoms with van der Waals surface area (Å²) in [6.07, 6.45) is 1.83. The van der Waals surface area contributed by atoms with E-state index in [0.29, 0.717) is 6.04 Å². The van der Waals surface area contributed by atoms with Crippen molar-refractivity contribution >= 4 is 11.8 Å². The second-order valence-corrected chi connectivity index (χ2v) is 4.77. The zero-order valence-corrected chi connectivity index (χ0v) is 10.7. The van der Waals surface area contributed by atoms with E-state index in [9.17, 15) is 0 Å². The van der Waals surface area contributed by atoms with E-state index in [0.717, 1.165) is 10.8 Å². The van der Waals surface area contributed by atoms with Gasteiger partial charge in [0.2, 0.25) is 0 Å². The molecule has 0 aliphatic carbocycles. The fourth-order valence-corrected chi connectivity index (χ4v) is 2.64. The van der Waals surface area contributed by atoms with Crippen LogP contribution in [0.1, 0.15) is 11.6 Å². The molecule has 0 aliphatic heterocycles. The molecule has 17 heavy (non-hydrogen) atoms. The number of pyridine rings is 1. The van der Waals surface area contributed by atoms with Crippen molar-refractivity contribution in [2.24, 2.45) is 0 Å². The monoisotopic (exact) mass is 244 g/mol. The van der Waals surface area contributed by atoms with Crippen LogP contribution in [0, 0.1) is 0 Å². The van der Waals surface area contributed by atoms with E-state index >= 15 is 0 Å². The number of hydrogen-bond donors (Lipinski definition) is 1. The van der Waals surface area contributed by atoms with Gasteiger partial charge >= 0.3 is 0 Å². The summed E-state index contributed by atoms with van der Waals surface area (Å²) in [5, 5.41) is 4.41. The molecule has 0 saturated heterocycles. The molecular formula is C14H16N2S. The molecule has 0 fully saturated rings. The predicted octanol–water partition coefficient (Wildman–Crippen LogP) is 3.13. The van der Waals surface area contributed by atoms with Crippen LogP contribution in [-0.4, -0.2) is 17.8 Å². The molecule has 0 radical (unpaired) electrons. The Hall–Kier alpha value is -1.32. The number of hydrogen-bond acceptors (Lipinski definition) is 3. The van der Waals surface area contributed by atoms with E-state index in [-0.39, 0.29) is 0 Å². The summed E-state index contributed by atoms with van der Waals surface area (Å²) < 4.78 is 0. The Morgan fingerprint density at radius 3 is 2.53 bits per heavy atom. The van der Waals surface area contributed by atoms with Crippen molar-refractivity contribution in [2.75, 3.05) is 12.8 Å². The van der Waals surface area contributed by atoms with E-state index < -0.39 is 0 Å². The lowest BCUT2D eigenvalue weighted by molar-refractivity contribution is 0.661. The van der Waals surface area contributed by atoms with Crippen molar-refractivity contribution in [3.63, 3.8) is 0 Å². The molecule has 1 aromatic carbocycles. The average molecular weight is 244 g/mol. The molecule has 1 atom stereocenters. The lowest BCUT2D eigenvalue weighted by atomic mass is 10.1. The van der Waals surface area contributed by atoms with Gasteiger partial charge in [-0.1, -0.05) is 36.4 Å². The van der Waals surface area contributed by atoms with Crippen molar-refractivity contribution in [1.29, 1.82) is 0 Å². The van der Waals surface area contributed by atoms with Crippen LogP contribution in [0.2, 0.25) is 0 Å². The first-order chi connectivity index (χ1) is 8.40. The van der Waals surface area contributed by atoms with Crippen molar-refractivity contribution in [3.05, 3.63) is 60.3 Å². The number of nitrogens with zero attached hydrogens (tertiary/aromatic N) is 1. The molecule has 0 bridgehead atoms. The molecule has 2 aromatic rings. The average Bonchev–Trinajstić information content (AvgIpc) is 2.42. The third-order valence-electron chi connectivity index (χ3n) is 2.59. The van der Waals surface area contributed by atoms with Gasteiger partial charge < -0.3 is 5.32 Å². The Labute approximate surface area is 106 Å². The lowest BCUT2D eigenvalue weighted by Crippen LogP contribution is -2.18. The van der Waals surface area contributed by atoms with Crippen LogP contribution < -0.4 is 5.32 Å². The highest BCUT2D eigenvalue weighted by atomic mass is 32.2. The topological polar surface area (TPSA) is 24.9 Å². The van der Waals surface area contributed by atoms with Gasteiger partial charge in [0.05, 0.1) is 5.03 Å². The van der Waals surface area contributed by atoms with Gasteiger partial charge in [0, 0.05) is 18.0 Å². The maximum Gasteiger partial charge on any atom is 0.0960 e. The van der Waals surface area contributed by atoms with Crippen molar-refractivity contribution in [3.8, 4) is 0 Å². The van der Waals surface area contributed by atoms with Crippen LogP contribution in [-0.2, 0) is 0 Å². The zero-order chi connectivity index (χ0) is 11.9. The van der Waals surface area contributed by atoms with Gasteiger partial charge in [-0.15, -0.1) is 11.8 Å². The molecule has 2 rings (SSSR count). The first-order valence-corrected chi connectivity index (χ1v) is 6.65. The second-order valence-electron chi connectivity index (χ2n) is 3.73. The van der Waals surface area contributed by atoms with Crippen LogP contribution in [0.5, 0.6) is 0 Å². The third kappa shape index (κ3) is 3.58. The number of thioether (sulfide) groups is 1. The Kier molecular flexibility index (Phi) is 4.59. The molecule has 1 heterocycles. The normalized spacial score (nSPS) is 12.3. The van der Waals surface area contributed by atoms with Crippen LogP contribution in [0.25, 0.3) is 0 Å². The quantitative estimate of drug-likeness (QED) is 0.818. The molecule has 1 N–H and O–H groups in total. The zero-order valence-electron chi connectivity index (χ0n) is 9.84. The first-order valence-electron chi connectivity index (χ1n) is 5.66. The predicted molar refractivity (Wildman–Crippen MR) is 73.2 cm³/mol. The summed E-state index contributed by atoms with van der Waals surface area (Å²) in [4.78, 5) is 4.31. The van der Waals surface area contributed by atoms with Gasteiger partial charge in [0.1, 0.15) is 0 Å². The standard InChI is InChI=1S/C14H16N2S/c1-15-13(12-7-3-2-4-8-12)11-17-14-9-5-6-10-16-14/h2-10,13,15H,11H2,1H3. The highest BCUT2D eigenvalue weighted by Crippen LogP contribution is 2.22. The minimum Gasteiger partial charge on any atom is -0.312 e. The van der Waals surface area contributed by atoms with Gasteiger partial charge in [-0.3, -0.25) is 0 Å². The molecule has 0 amide bonds. The highest BCUT2D eigenvalue weighted by Gasteiger charge is 2.09. The lowest BCUT2D eigenvalue weighted by Gasteiger charge is -2.15. The summed E-state index contributed by atoms with van der Waals surface area (Å²) in [6.45, 7) is 0. The van der Waals surface area contributed by atoms with Gasteiger partial charge in [0.15, 0.2) is 0 Å². The van der Waals surface area contributed by atoms with Crippen LogP contribution >= 0.6 is 11.8 Å². The first kappa shape index (κ1) is 12.1. The third-order valence-corrected chi connectivity index (χ3v) is 3.62. The molecule has 0 spiro atoms. The molecule has 0 aliphatic rings. The molecular weight excluding hydrogens is 228 g/mol. The van der Waals surface area contributed by atoms with Crippen LogP contribution in [0.15, 0.2) is 59.8 Å². The molecule has 3 heteroatoms. The number of benzene rings is 1. The van der Waals surface area contributed by atoms with Crippen molar-refractivity contribution in [1.82, 2.24) is 10.3 Å². The van der Waals surface area contributed by atoms with E-state index in [1.165, 1.54) is 5.56 Å². The van der Waals surface area contributed by atoms with Crippen molar-refractivity contribution in [2.45, 2.75) is 11.1 Å². The number of aromatic nitrogens is 1. The van der Waals surface area contributed by atoms with E-state index in [1.807, 2.05) is 37.5 Å². The second kappa shape index (κ2) is 6.42. The molecule has 88 valence electrons. The van der Waals surface area contributed by atoms with Crippen LogP contribution in [0.4, 0.5) is 0 Å². The SMILES string of the molecule is CNC(CSc1ccccn1)c1ccccc1. The van der Waals surface area contributed by atoms with Gasteiger partial charge in [-0.2, -0.15) is 0 Å². The van der Waals surface area contributed by atoms with E-state index in [1.54, 1.807) is 11.8 Å². The maximum atomic E-state index is 4.31. The molecule has 0 saturated carbocycles. The van der Waals surface area contributed by atoms with Gasteiger partial charge in [-0.25, -0.2) is 4.98 Å². The van der Waals surface area contributed by atoms with Gasteiger partial charge in [-0.05, 0) is 24.7 Å². The summed E-state index contributed by atoms with van der Waals surface area (Å²) in [6, 6.07) is 16.9. The molecule has 1 aromatic heterocycles. The Morgan fingerprint density at radius 2 is 1.88 bits per heavy atom. The summed E-state index contributed by atoms with van der Waals surface area (Å²) >= 11 is 1.77. The largest absolute Gasteiger partial charge is 0.312 e. The minimum absolute atomic E-state index is 0.364. The number of nitrogens with one attached hydrogen (secondary N) is 1. The van der Waals surface area contributed by atoms with Crippen LogP contribution in [0.3, 0.4) is 0 Å². The summed E-state index contributed by atoms with van der Waals surface area (Å²) in [5.74, 6) is 0.984. The van der Waals surface area contributed by atoms with Gasteiger partial charge in [0.25, 0.3) is 0 Å². The Bertz CT molecular complexity index is 430. The Balaban J connectivity index is 1.97. The molecule has 1 unspecified atom stereocenters. The fourth-order valence-electron chi connectivity index (χ4n) is 1.63. The van der Waals surface area contributed by atoms with E-state index in [4.69, 9.17) is 0 Å². The molecule has 2 nitrogen and oxygen atoms in total. The highest BCUT2D eigenvalue weighted by molar-refractivity contribution is 7.99. The summed E-state index contributed by atoms with van der Waals surface area (Å²) in [5.41, 5.74) is 1.32. The smallest absolute Gasteiger partial charge is 0.0960 e. The Morgan fingerprint density at radius 1 is 1.12 bits per heavy atom. The maximum absolute atomic E-state index is 4.31. The van der Waals surface area contributed by atoms with Crippen molar-refractivity contribution < 1.29 is 0 Å². The number of rotatable bonds is 5. The van der Waals surface area contributed by atoms with E-state index in [2.05, 4.69) is 34.6 Å². The summed E-state index contributed by atoms with van der Waals surface area (Å²) in [7, 11) is 2.00. The minimum atomic E-state index is 0.364. The fraction of sp³-hybridized carbons (Fsp3) is 0.214.